The Kier molecular flexibility index (Phi) is 20.6. The molecule has 4 aromatic rings. The molecule has 0 saturated heterocycles. The average Bonchev–Trinajstić information content (AvgIpc) is 3.10. The lowest BCUT2D eigenvalue weighted by molar-refractivity contribution is 0.103. The van der Waals surface area contributed by atoms with Gasteiger partial charge in [0.1, 0.15) is 0 Å². The van der Waals surface area contributed by atoms with Gasteiger partial charge in [-0.1, -0.05) is 117 Å². The van der Waals surface area contributed by atoms with Gasteiger partial charge in [-0.2, -0.15) is 0 Å². The Morgan fingerprint density at radius 3 is 1.30 bits per heavy atom. The van der Waals surface area contributed by atoms with Gasteiger partial charge in [0.2, 0.25) is 0 Å². The summed E-state index contributed by atoms with van der Waals surface area (Å²) in [4.78, 5) is 23.5. The Bertz CT molecular complexity index is 1920. The van der Waals surface area contributed by atoms with Crippen LogP contribution < -0.4 is 0 Å². The Hall–Kier alpha value is -0.548. The molecule has 2 aliphatic carbocycles. The molecule has 0 N–H and O–H groups in total. The van der Waals surface area contributed by atoms with Crippen LogP contribution in [0.4, 0.5) is 0 Å². The second-order valence-electron chi connectivity index (χ2n) is 16.8. The topological polar surface area (TPSA) is 34.1 Å². The van der Waals surface area contributed by atoms with Crippen molar-refractivity contribution in [3.8, 4) is 0 Å². The summed E-state index contributed by atoms with van der Waals surface area (Å²) in [6.45, 7) is 23.0. The SMILES string of the molecule is Cc1cc2c(cc1C(=O)c1ccc(Br)cc1)C(C)(C)CCC2(C)C.Cc1ccc2c(c1)C(C)(C)CCC2(C)C.ClCCl.O=C(Cl)c1ccc(Br)cc1.[Cl][Al]([Cl])[Cl]. The van der Waals surface area contributed by atoms with Crippen LogP contribution in [-0.4, -0.2) is 27.7 Å². The Labute approximate surface area is 385 Å². The highest BCUT2D eigenvalue weighted by Crippen LogP contribution is 2.47. The molecule has 2 aliphatic rings. The van der Waals surface area contributed by atoms with Crippen LogP contribution in [-0.2, 0) is 21.7 Å². The summed E-state index contributed by atoms with van der Waals surface area (Å²) in [6, 6.07) is 25.9. The molecule has 0 aliphatic heterocycles. The highest BCUT2D eigenvalue weighted by Gasteiger charge is 2.38. The molecule has 0 amide bonds. The van der Waals surface area contributed by atoms with Crippen LogP contribution in [0.25, 0.3) is 0 Å². The standard InChI is InChI=1S/C22H25BrO.C15H22.C7H4BrClO.CH2Cl2.Al.3ClH/c1-14-12-18-19(22(4,5)11-10-21(18,2)3)13-17(14)20(24)15-6-8-16(23)9-7-15;1-11-6-7-12-13(10-11)15(4,5)9-8-14(12,2)3;8-6-3-1-5(2-4-6)7(9)10;2-1-3;;;;/h6-9,12-13H,10-11H2,1-5H3;6-7,10H,8-9H2,1-5H3;1-4H;1H2;;3*1H/q;;;;+3;;;/p-3. The summed E-state index contributed by atoms with van der Waals surface area (Å²) in [6.07, 6.45) is 4.95. The first kappa shape index (κ1) is 51.6. The van der Waals surface area contributed by atoms with E-state index in [1.807, 2.05) is 24.3 Å². The van der Waals surface area contributed by atoms with Gasteiger partial charge in [0.25, 0.3) is 5.24 Å². The molecule has 304 valence electrons. The fourth-order valence-electron chi connectivity index (χ4n) is 7.01. The molecular formula is C45H53AlBr2Cl6O2. The number of hydrogen-bond donors (Lipinski definition) is 0. The number of rotatable bonds is 3. The van der Waals surface area contributed by atoms with Gasteiger partial charge in [-0.05, 0) is 155 Å². The van der Waals surface area contributed by atoms with Crippen LogP contribution in [0, 0.1) is 13.8 Å². The zero-order valence-corrected chi connectivity index (χ0v) is 42.8. The molecule has 0 fully saturated rings. The molecule has 0 saturated carbocycles. The highest BCUT2D eigenvalue weighted by atomic mass is 79.9. The van der Waals surface area contributed by atoms with Crippen LogP contribution in [0.15, 0.2) is 87.8 Å². The first-order valence-corrected chi connectivity index (χ1v) is 26.6. The summed E-state index contributed by atoms with van der Waals surface area (Å²) < 4.78 is 1.93. The molecule has 2 nitrogen and oxygen atoms in total. The van der Waals surface area contributed by atoms with Gasteiger partial charge in [0.05, 0.1) is 5.34 Å². The van der Waals surface area contributed by atoms with Crippen LogP contribution in [0.1, 0.15) is 141 Å². The predicted molar refractivity (Wildman–Crippen MR) is 255 cm³/mol. The number of aryl methyl sites for hydroxylation is 2. The van der Waals surface area contributed by atoms with Crippen molar-refractivity contribution in [2.24, 2.45) is 0 Å². The number of carbonyl (C=O) groups is 2. The van der Waals surface area contributed by atoms with E-state index in [9.17, 15) is 9.59 Å². The highest BCUT2D eigenvalue weighted by molar-refractivity contribution is 9.10. The normalized spacial score (nSPS) is 16.2. The third-order valence-electron chi connectivity index (χ3n) is 10.6. The fraction of sp³-hybridized carbons (Fsp3) is 0.422. The van der Waals surface area contributed by atoms with Crippen molar-refractivity contribution in [1.29, 1.82) is 0 Å². The summed E-state index contributed by atoms with van der Waals surface area (Å²) >= 11 is 19.7. The second kappa shape index (κ2) is 22.3. The van der Waals surface area contributed by atoms with Crippen LogP contribution in [0.5, 0.6) is 0 Å². The lowest BCUT2D eigenvalue weighted by atomic mass is 9.62. The number of benzene rings is 4. The summed E-state index contributed by atoms with van der Waals surface area (Å²) in [5.41, 5.74) is 11.4. The van der Waals surface area contributed by atoms with E-state index in [4.69, 9.17) is 65.0 Å². The van der Waals surface area contributed by atoms with Gasteiger partial charge >= 0.3 is 11.4 Å². The molecule has 0 aromatic heterocycles. The van der Waals surface area contributed by atoms with E-state index in [1.165, 1.54) is 36.0 Å². The van der Waals surface area contributed by atoms with Crippen molar-refractivity contribution in [1.82, 2.24) is 0 Å². The molecule has 0 bridgehead atoms. The van der Waals surface area contributed by atoms with Crippen molar-refractivity contribution in [2.75, 3.05) is 5.34 Å². The Morgan fingerprint density at radius 2 is 0.911 bits per heavy atom. The zero-order chi connectivity index (χ0) is 42.8. The predicted octanol–water partition coefficient (Wildman–Crippen LogP) is 16.6. The van der Waals surface area contributed by atoms with Crippen LogP contribution in [0.2, 0.25) is 0 Å². The van der Waals surface area contributed by atoms with E-state index in [1.54, 1.807) is 35.4 Å². The van der Waals surface area contributed by atoms with Gasteiger partial charge < -0.3 is 0 Å². The minimum atomic E-state index is -1.72. The first-order valence-electron chi connectivity index (χ1n) is 18.4. The van der Waals surface area contributed by atoms with Crippen molar-refractivity contribution in [3.63, 3.8) is 0 Å². The monoisotopic (exact) mass is 1020 g/mol. The number of ketones is 1. The van der Waals surface area contributed by atoms with Gasteiger partial charge in [-0.15, -0.1) is 23.2 Å². The number of alkyl halides is 2. The third kappa shape index (κ3) is 15.2. The molecule has 6 rings (SSSR count). The molecule has 0 unspecified atom stereocenters. The summed E-state index contributed by atoms with van der Waals surface area (Å²) in [5, 5.41) is -0.229. The Balaban J connectivity index is 0.000000288. The smallest absolute Gasteiger partial charge is 0.289 e. The molecule has 0 spiro atoms. The van der Waals surface area contributed by atoms with E-state index in [0.29, 0.717) is 16.4 Å². The number of halogens is 8. The average molecular weight is 1030 g/mol. The van der Waals surface area contributed by atoms with Crippen molar-refractivity contribution < 1.29 is 9.59 Å². The van der Waals surface area contributed by atoms with Gasteiger partial charge in [-0.25, -0.2) is 30.1 Å². The summed E-state index contributed by atoms with van der Waals surface area (Å²) in [5.74, 6) is 0.113. The van der Waals surface area contributed by atoms with Crippen molar-refractivity contribution in [3.05, 3.63) is 138 Å². The second-order valence-corrected chi connectivity index (χ2v) is 26.2. The van der Waals surface area contributed by atoms with Crippen LogP contribution in [0.3, 0.4) is 0 Å². The lowest BCUT2D eigenvalue weighted by Gasteiger charge is -2.42. The number of fused-ring (bicyclic) bond motifs is 2. The van der Waals surface area contributed by atoms with E-state index in [-0.39, 0.29) is 22.0 Å². The minimum Gasteiger partial charge on any atom is -0.289 e. The largest absolute Gasteiger partial charge is 0.643 e. The molecule has 4 aromatic carbocycles. The molecule has 0 heterocycles. The molecule has 11 heteroatoms. The molecule has 56 heavy (non-hydrogen) atoms. The van der Waals surface area contributed by atoms with Crippen LogP contribution >= 0.6 is 96.8 Å². The van der Waals surface area contributed by atoms with Gasteiger partial charge in [-0.3, -0.25) is 9.59 Å². The zero-order valence-electron chi connectivity index (χ0n) is 34.0. The van der Waals surface area contributed by atoms with Gasteiger partial charge in [0.15, 0.2) is 5.78 Å². The Morgan fingerprint density at radius 1 is 0.571 bits per heavy atom. The maximum Gasteiger partial charge on any atom is 0.643 e. The fourth-order valence-corrected chi connectivity index (χ4v) is 7.66. The first-order chi connectivity index (χ1) is 25.8. The summed E-state index contributed by atoms with van der Waals surface area (Å²) in [7, 11) is 14.8. The van der Waals surface area contributed by atoms with Gasteiger partial charge in [0, 0.05) is 25.6 Å². The third-order valence-corrected chi connectivity index (χ3v) is 11.9. The number of carbonyl (C=O) groups excluding carboxylic acids is 2. The van der Waals surface area contributed by atoms with E-state index >= 15 is 0 Å². The lowest BCUT2D eigenvalue weighted by Crippen LogP contribution is -2.34. The minimum absolute atomic E-state index is 0.113. The molecule has 0 radical (unpaired) electrons. The maximum atomic E-state index is 13.0. The molecule has 0 atom stereocenters. The quantitative estimate of drug-likeness (QED) is 0.0887. The number of hydrogen-bond acceptors (Lipinski definition) is 2. The van der Waals surface area contributed by atoms with E-state index < -0.39 is 16.6 Å². The van der Waals surface area contributed by atoms with E-state index in [0.717, 1.165) is 32.1 Å². The van der Waals surface area contributed by atoms with Crippen molar-refractivity contribution >= 4 is 119 Å². The van der Waals surface area contributed by atoms with E-state index in [2.05, 4.69) is 131 Å². The molecular weight excluding hydrogens is 972 g/mol. The maximum absolute atomic E-state index is 13.0. The van der Waals surface area contributed by atoms with Crippen molar-refractivity contribution in [2.45, 2.75) is 117 Å².